The quantitative estimate of drug-likeness (QED) is 0.503. The number of benzene rings is 3. The molecule has 1 atom stereocenters. The Morgan fingerprint density at radius 2 is 1.77 bits per heavy atom. The summed E-state index contributed by atoms with van der Waals surface area (Å²) in [6.45, 7) is 0.725. The van der Waals surface area contributed by atoms with Crippen molar-refractivity contribution in [3.63, 3.8) is 0 Å². The molecule has 1 spiro atoms. The van der Waals surface area contributed by atoms with Gasteiger partial charge in [0.25, 0.3) is 5.91 Å². The van der Waals surface area contributed by atoms with E-state index in [0.717, 1.165) is 16.8 Å². The molecule has 7 nitrogen and oxygen atoms in total. The summed E-state index contributed by atoms with van der Waals surface area (Å²) in [5, 5.41) is 3.52. The molecule has 1 N–H and O–H groups in total. The van der Waals surface area contributed by atoms with Crippen molar-refractivity contribution in [1.82, 2.24) is 4.90 Å². The maximum atomic E-state index is 14.1. The maximum absolute atomic E-state index is 14.1. The van der Waals surface area contributed by atoms with Crippen molar-refractivity contribution in [2.45, 2.75) is 11.4 Å². The van der Waals surface area contributed by atoms with Gasteiger partial charge in [-0.3, -0.25) is 9.69 Å². The molecule has 3 aromatic rings. The predicted octanol–water partition coefficient (Wildman–Crippen LogP) is 5.34. The Hall–Kier alpha value is -3.36. The average Bonchev–Trinajstić information content (AvgIpc) is 3.42. The number of hydrogen-bond acceptors (Lipinski definition) is 5. The summed E-state index contributed by atoms with van der Waals surface area (Å²) in [6.07, 6.45) is 0. The second-order valence-electron chi connectivity index (χ2n) is 8.17. The van der Waals surface area contributed by atoms with Crippen LogP contribution in [0, 0.1) is 0 Å². The summed E-state index contributed by atoms with van der Waals surface area (Å²) >= 11 is 7.88. The highest BCUT2D eigenvalue weighted by atomic mass is 35.5. The number of anilines is 2. The summed E-state index contributed by atoms with van der Waals surface area (Å²) in [7, 11) is 3.17. The van der Waals surface area contributed by atoms with E-state index in [-0.39, 0.29) is 11.9 Å². The van der Waals surface area contributed by atoms with Gasteiger partial charge in [-0.05, 0) is 54.1 Å². The van der Waals surface area contributed by atoms with E-state index < -0.39 is 4.87 Å². The van der Waals surface area contributed by atoms with Crippen LogP contribution in [0.5, 0.6) is 11.5 Å². The lowest BCUT2D eigenvalue weighted by molar-refractivity contribution is -0.123. The Morgan fingerprint density at radius 3 is 2.49 bits per heavy atom. The van der Waals surface area contributed by atoms with Gasteiger partial charge < -0.3 is 19.7 Å². The normalized spacial score (nSPS) is 18.7. The van der Waals surface area contributed by atoms with E-state index in [4.69, 9.17) is 21.1 Å². The number of halogens is 1. The van der Waals surface area contributed by atoms with Gasteiger partial charge in [0.2, 0.25) is 0 Å². The zero-order valence-electron chi connectivity index (χ0n) is 19.3. The van der Waals surface area contributed by atoms with Crippen LogP contribution in [0.4, 0.5) is 16.2 Å². The van der Waals surface area contributed by atoms with E-state index in [0.29, 0.717) is 41.1 Å². The minimum atomic E-state index is -1.19. The van der Waals surface area contributed by atoms with Crippen LogP contribution in [0.1, 0.15) is 11.1 Å². The van der Waals surface area contributed by atoms with Crippen molar-refractivity contribution in [3.8, 4) is 11.5 Å². The standard InChI is InChI=1S/C26H24ClN3O4S/c1-33-19-9-7-18(8-10-19)28-25(32)30-13-14-35-26(30)21-15-20(34-2)11-12-23(21)29(24(26)31)16-17-5-3-4-6-22(17)27/h3-12,15H,13-14,16H2,1-2H3,(H,28,32)/t26-/m1/s1. The Balaban J connectivity index is 1.53. The Labute approximate surface area is 212 Å². The largest absolute Gasteiger partial charge is 0.497 e. The van der Waals surface area contributed by atoms with Crippen LogP contribution in [0.2, 0.25) is 5.02 Å². The fourth-order valence-corrected chi connectivity index (χ4v) is 6.19. The van der Waals surface area contributed by atoms with E-state index in [1.54, 1.807) is 54.4 Å². The molecule has 3 amide bonds. The molecule has 2 aliphatic rings. The van der Waals surface area contributed by atoms with Gasteiger partial charge >= 0.3 is 6.03 Å². The molecule has 9 heteroatoms. The van der Waals surface area contributed by atoms with Crippen molar-refractivity contribution in [3.05, 3.63) is 82.9 Å². The first-order valence-electron chi connectivity index (χ1n) is 11.1. The third-order valence-corrected chi connectivity index (χ3v) is 8.06. The molecule has 0 bridgehead atoms. The van der Waals surface area contributed by atoms with Gasteiger partial charge in [-0.25, -0.2) is 4.79 Å². The number of fused-ring (bicyclic) bond motifs is 2. The number of thioether (sulfide) groups is 1. The third-order valence-electron chi connectivity index (χ3n) is 6.27. The molecule has 0 radical (unpaired) electrons. The van der Waals surface area contributed by atoms with Gasteiger partial charge in [0.05, 0.1) is 26.5 Å². The number of hydrogen-bond donors (Lipinski definition) is 1. The van der Waals surface area contributed by atoms with E-state index in [1.807, 2.05) is 36.4 Å². The number of nitrogens with one attached hydrogen (secondary N) is 1. The molecule has 2 aliphatic heterocycles. The van der Waals surface area contributed by atoms with Crippen LogP contribution in [0.15, 0.2) is 66.7 Å². The smallest absolute Gasteiger partial charge is 0.323 e. The molecule has 1 saturated heterocycles. The molecule has 35 heavy (non-hydrogen) atoms. The van der Waals surface area contributed by atoms with Crippen LogP contribution in [0.25, 0.3) is 0 Å². The number of amides is 3. The van der Waals surface area contributed by atoms with Crippen LogP contribution in [-0.2, 0) is 16.2 Å². The number of rotatable bonds is 5. The molecule has 180 valence electrons. The van der Waals surface area contributed by atoms with Crippen LogP contribution >= 0.6 is 23.4 Å². The lowest BCUT2D eigenvalue weighted by Crippen LogP contribution is -2.51. The molecule has 0 aliphatic carbocycles. The Morgan fingerprint density at radius 1 is 1.06 bits per heavy atom. The molecule has 0 aromatic heterocycles. The lowest BCUT2D eigenvalue weighted by Gasteiger charge is -2.33. The van der Waals surface area contributed by atoms with E-state index in [2.05, 4.69) is 5.32 Å². The van der Waals surface area contributed by atoms with Crippen molar-refractivity contribution in [2.75, 3.05) is 36.7 Å². The second-order valence-corrected chi connectivity index (χ2v) is 9.86. The predicted molar refractivity (Wildman–Crippen MR) is 138 cm³/mol. The van der Waals surface area contributed by atoms with Gasteiger partial charge in [0.1, 0.15) is 11.5 Å². The van der Waals surface area contributed by atoms with Crippen molar-refractivity contribution < 1.29 is 19.1 Å². The van der Waals surface area contributed by atoms with E-state index in [1.165, 1.54) is 11.8 Å². The Bertz CT molecular complexity index is 1290. The summed E-state index contributed by atoms with van der Waals surface area (Å²) in [6, 6.07) is 19.7. The first-order chi connectivity index (χ1) is 17.0. The molecule has 5 rings (SSSR count). The maximum Gasteiger partial charge on any atom is 0.323 e. The summed E-state index contributed by atoms with van der Waals surface area (Å²) < 4.78 is 10.7. The van der Waals surface area contributed by atoms with Crippen LogP contribution in [-0.4, -0.2) is 43.4 Å². The third kappa shape index (κ3) is 3.96. The molecular formula is C26H24ClN3O4S. The highest BCUT2D eigenvalue weighted by Crippen LogP contribution is 2.55. The number of nitrogens with zero attached hydrogens (tertiary/aromatic N) is 2. The monoisotopic (exact) mass is 509 g/mol. The second kappa shape index (κ2) is 9.36. The summed E-state index contributed by atoms with van der Waals surface area (Å²) in [4.78, 5) is 29.8. The molecule has 0 unspecified atom stereocenters. The minimum absolute atomic E-state index is 0.173. The number of carbonyl (C=O) groups is 2. The first kappa shape index (κ1) is 23.4. The average molecular weight is 510 g/mol. The topological polar surface area (TPSA) is 71.1 Å². The fourth-order valence-electron chi connectivity index (χ4n) is 4.54. The number of ether oxygens (including phenoxy) is 2. The van der Waals surface area contributed by atoms with E-state index in [9.17, 15) is 9.59 Å². The minimum Gasteiger partial charge on any atom is -0.497 e. The summed E-state index contributed by atoms with van der Waals surface area (Å²) in [5.74, 6) is 1.77. The highest BCUT2D eigenvalue weighted by molar-refractivity contribution is 8.01. The Kier molecular flexibility index (Phi) is 6.25. The fraction of sp³-hybridized carbons (Fsp3) is 0.231. The zero-order valence-corrected chi connectivity index (χ0v) is 20.9. The molecule has 3 aromatic carbocycles. The van der Waals surface area contributed by atoms with Crippen molar-refractivity contribution in [1.29, 1.82) is 0 Å². The first-order valence-corrected chi connectivity index (χ1v) is 12.4. The number of urea groups is 1. The van der Waals surface area contributed by atoms with Gasteiger partial charge in [-0.1, -0.05) is 29.8 Å². The van der Waals surface area contributed by atoms with Gasteiger partial charge in [-0.15, -0.1) is 11.8 Å². The van der Waals surface area contributed by atoms with Crippen LogP contribution < -0.4 is 19.7 Å². The van der Waals surface area contributed by atoms with Gasteiger partial charge in [0, 0.05) is 28.6 Å². The highest BCUT2D eigenvalue weighted by Gasteiger charge is 2.59. The summed E-state index contributed by atoms with van der Waals surface area (Å²) in [5.41, 5.74) is 2.93. The zero-order chi connectivity index (χ0) is 24.6. The van der Waals surface area contributed by atoms with Crippen LogP contribution in [0.3, 0.4) is 0 Å². The van der Waals surface area contributed by atoms with E-state index >= 15 is 0 Å². The molecule has 0 saturated carbocycles. The molecule has 1 fully saturated rings. The van der Waals surface area contributed by atoms with Gasteiger partial charge in [-0.2, -0.15) is 0 Å². The number of methoxy groups -OCH3 is 2. The number of carbonyl (C=O) groups excluding carboxylic acids is 2. The molecule has 2 heterocycles. The SMILES string of the molecule is COc1ccc(NC(=O)N2CCS[C@]23C(=O)N(Cc2ccccc2Cl)c2ccc(OC)cc23)cc1. The molecular weight excluding hydrogens is 486 g/mol. The van der Waals surface area contributed by atoms with Crippen molar-refractivity contribution in [2.24, 2.45) is 0 Å². The van der Waals surface area contributed by atoms with Gasteiger partial charge in [0.15, 0.2) is 4.87 Å². The lowest BCUT2D eigenvalue weighted by atomic mass is 10.1. The van der Waals surface area contributed by atoms with Crippen molar-refractivity contribution >= 4 is 46.7 Å².